The van der Waals surface area contributed by atoms with Crippen LogP contribution in [0.3, 0.4) is 0 Å². The fourth-order valence-corrected chi connectivity index (χ4v) is 1.88. The molecule has 7 heteroatoms. The number of hydrogen-bond acceptors (Lipinski definition) is 5. The summed E-state index contributed by atoms with van der Waals surface area (Å²) in [5, 5.41) is 6.83. The Morgan fingerprint density at radius 2 is 2.35 bits per heavy atom. The van der Waals surface area contributed by atoms with Gasteiger partial charge in [0.05, 0.1) is 6.26 Å². The van der Waals surface area contributed by atoms with Crippen molar-refractivity contribution in [3.8, 4) is 0 Å². The summed E-state index contributed by atoms with van der Waals surface area (Å²) in [4.78, 5) is 19.8. The molecule has 0 saturated carbocycles. The van der Waals surface area contributed by atoms with Crippen molar-refractivity contribution in [3.05, 3.63) is 48.4 Å². The molecule has 0 fully saturated rings. The van der Waals surface area contributed by atoms with Gasteiger partial charge in [-0.3, -0.25) is 4.79 Å². The largest absolute Gasteiger partial charge is 0.459 e. The molecule has 0 unspecified atom stereocenters. The Morgan fingerprint density at radius 3 is 3.20 bits per heavy atom. The van der Waals surface area contributed by atoms with Gasteiger partial charge < -0.3 is 9.73 Å². The lowest BCUT2D eigenvalue weighted by Crippen LogP contribution is -2.24. The van der Waals surface area contributed by atoms with E-state index in [-0.39, 0.29) is 5.91 Å². The summed E-state index contributed by atoms with van der Waals surface area (Å²) in [5.74, 6) is 0.718. The van der Waals surface area contributed by atoms with Crippen LogP contribution in [0.5, 0.6) is 0 Å². The van der Waals surface area contributed by atoms with Gasteiger partial charge >= 0.3 is 0 Å². The fourth-order valence-electron chi connectivity index (χ4n) is 1.88. The van der Waals surface area contributed by atoms with Crippen molar-refractivity contribution in [1.29, 1.82) is 0 Å². The number of carbonyl (C=O) groups excluding carboxylic acids is 1. The number of rotatable bonds is 5. The van der Waals surface area contributed by atoms with Crippen molar-refractivity contribution in [2.45, 2.75) is 12.8 Å². The number of fused-ring (bicyclic) bond motifs is 1. The summed E-state index contributed by atoms with van der Waals surface area (Å²) in [6, 6.07) is 3.33. The Hall–Kier alpha value is -2.70. The van der Waals surface area contributed by atoms with Crippen molar-refractivity contribution >= 4 is 11.7 Å². The highest BCUT2D eigenvalue weighted by Gasteiger charge is 2.06. The normalized spacial score (nSPS) is 10.8. The molecule has 0 bridgehead atoms. The van der Waals surface area contributed by atoms with Gasteiger partial charge in [0.2, 0.25) is 0 Å². The Balaban J connectivity index is 1.49. The summed E-state index contributed by atoms with van der Waals surface area (Å²) in [6.07, 6.45) is 8.24. The van der Waals surface area contributed by atoms with Crippen LogP contribution in [0.4, 0.5) is 0 Å². The number of aromatic nitrogens is 4. The smallest absolute Gasteiger partial charge is 0.286 e. The van der Waals surface area contributed by atoms with Gasteiger partial charge in [-0.2, -0.15) is 10.1 Å². The van der Waals surface area contributed by atoms with Gasteiger partial charge in [0.25, 0.3) is 11.7 Å². The van der Waals surface area contributed by atoms with Crippen LogP contribution >= 0.6 is 0 Å². The third-order valence-electron chi connectivity index (χ3n) is 2.86. The number of furan rings is 1. The molecule has 0 radical (unpaired) electrons. The molecule has 0 atom stereocenters. The van der Waals surface area contributed by atoms with Gasteiger partial charge in [0.1, 0.15) is 6.33 Å². The highest BCUT2D eigenvalue weighted by Crippen LogP contribution is 2.03. The molecule has 3 aromatic rings. The lowest BCUT2D eigenvalue weighted by atomic mass is 10.2. The van der Waals surface area contributed by atoms with E-state index < -0.39 is 0 Å². The second-order valence-electron chi connectivity index (χ2n) is 4.30. The van der Waals surface area contributed by atoms with Gasteiger partial charge in [0.15, 0.2) is 5.76 Å². The molecule has 1 N–H and O–H groups in total. The zero-order chi connectivity index (χ0) is 13.8. The molecule has 102 valence electrons. The van der Waals surface area contributed by atoms with E-state index >= 15 is 0 Å². The molecular formula is C13H13N5O2. The van der Waals surface area contributed by atoms with Crippen LogP contribution in [-0.2, 0) is 6.42 Å². The standard InChI is InChI=1S/C13H13N5O2/c19-12(11-4-2-6-20-11)14-5-1-3-10-7-15-13-16-9-17-18(13)8-10/h2,4,6-9H,1,3,5H2,(H,14,19). The monoisotopic (exact) mass is 271 g/mol. The number of aryl methyl sites for hydroxylation is 1. The molecule has 3 rings (SSSR count). The quantitative estimate of drug-likeness (QED) is 0.702. The van der Waals surface area contributed by atoms with Gasteiger partial charge in [-0.25, -0.2) is 9.50 Å². The minimum Gasteiger partial charge on any atom is -0.459 e. The van der Waals surface area contributed by atoms with Crippen LogP contribution < -0.4 is 5.32 Å². The van der Waals surface area contributed by atoms with Crippen molar-refractivity contribution in [3.63, 3.8) is 0 Å². The SMILES string of the molecule is O=C(NCCCc1cnc2ncnn2c1)c1ccco1. The van der Waals surface area contributed by atoms with Crippen molar-refractivity contribution in [2.75, 3.05) is 6.54 Å². The molecule has 20 heavy (non-hydrogen) atoms. The highest BCUT2D eigenvalue weighted by atomic mass is 16.3. The van der Waals surface area contributed by atoms with Crippen molar-refractivity contribution in [1.82, 2.24) is 24.9 Å². The second kappa shape index (κ2) is 5.52. The predicted octanol–water partition coefficient (Wildman–Crippen LogP) is 1.08. The third kappa shape index (κ3) is 2.66. The average molecular weight is 271 g/mol. The van der Waals surface area contributed by atoms with Crippen molar-refractivity contribution in [2.24, 2.45) is 0 Å². The van der Waals surface area contributed by atoms with Crippen LogP contribution in [0, 0.1) is 0 Å². The Labute approximate surface area is 114 Å². The molecule has 0 aromatic carbocycles. The summed E-state index contributed by atoms with van der Waals surface area (Å²) in [5.41, 5.74) is 1.05. The molecule has 0 spiro atoms. The van der Waals surface area contributed by atoms with E-state index in [1.807, 2.05) is 6.20 Å². The summed E-state index contributed by atoms with van der Waals surface area (Å²) in [7, 11) is 0. The number of nitrogens with one attached hydrogen (secondary N) is 1. The van der Waals surface area contributed by atoms with E-state index in [4.69, 9.17) is 4.42 Å². The van der Waals surface area contributed by atoms with Crippen molar-refractivity contribution < 1.29 is 9.21 Å². The Morgan fingerprint density at radius 1 is 1.40 bits per heavy atom. The van der Waals surface area contributed by atoms with E-state index in [1.54, 1.807) is 22.8 Å². The molecule has 0 aliphatic carbocycles. The first kappa shape index (κ1) is 12.3. The Bertz CT molecular complexity index is 704. The summed E-state index contributed by atoms with van der Waals surface area (Å²) < 4.78 is 6.65. The zero-order valence-corrected chi connectivity index (χ0v) is 10.7. The molecule has 7 nitrogen and oxygen atoms in total. The van der Waals surface area contributed by atoms with Crippen LogP contribution in [0.1, 0.15) is 22.5 Å². The maximum absolute atomic E-state index is 11.6. The number of nitrogens with zero attached hydrogens (tertiary/aromatic N) is 4. The first-order valence-electron chi connectivity index (χ1n) is 6.29. The Kier molecular flexibility index (Phi) is 3.40. The average Bonchev–Trinajstić information content (AvgIpc) is 3.13. The minimum absolute atomic E-state index is 0.195. The molecule has 0 aliphatic heterocycles. The maximum atomic E-state index is 11.6. The molecule has 3 aromatic heterocycles. The van der Waals surface area contributed by atoms with Crippen LogP contribution in [-0.4, -0.2) is 32.0 Å². The highest BCUT2D eigenvalue weighted by molar-refractivity contribution is 5.91. The van der Waals surface area contributed by atoms with Gasteiger partial charge in [-0.15, -0.1) is 0 Å². The van der Waals surface area contributed by atoms with Gasteiger partial charge in [0, 0.05) is 18.9 Å². The van der Waals surface area contributed by atoms with E-state index in [1.165, 1.54) is 12.6 Å². The predicted molar refractivity (Wildman–Crippen MR) is 70.1 cm³/mol. The lowest BCUT2D eigenvalue weighted by molar-refractivity contribution is 0.0925. The second-order valence-corrected chi connectivity index (χ2v) is 4.30. The van der Waals surface area contributed by atoms with E-state index in [2.05, 4.69) is 20.4 Å². The maximum Gasteiger partial charge on any atom is 0.286 e. The third-order valence-corrected chi connectivity index (χ3v) is 2.86. The van der Waals surface area contributed by atoms with Crippen LogP contribution in [0.2, 0.25) is 0 Å². The summed E-state index contributed by atoms with van der Waals surface area (Å²) in [6.45, 7) is 0.578. The number of amides is 1. The first-order valence-corrected chi connectivity index (χ1v) is 6.29. The minimum atomic E-state index is -0.195. The fraction of sp³-hybridized carbons (Fsp3) is 0.231. The van der Waals surface area contributed by atoms with E-state index in [9.17, 15) is 4.79 Å². The van der Waals surface area contributed by atoms with Gasteiger partial charge in [-0.05, 0) is 30.5 Å². The van der Waals surface area contributed by atoms with Gasteiger partial charge in [-0.1, -0.05) is 0 Å². The molecule has 0 aliphatic rings. The summed E-state index contributed by atoms with van der Waals surface area (Å²) >= 11 is 0. The zero-order valence-electron chi connectivity index (χ0n) is 10.7. The first-order chi connectivity index (χ1) is 9.83. The number of hydrogen-bond donors (Lipinski definition) is 1. The molecule has 1 amide bonds. The molecular weight excluding hydrogens is 258 g/mol. The topological polar surface area (TPSA) is 85.3 Å². The lowest BCUT2D eigenvalue weighted by Gasteiger charge is -2.03. The van der Waals surface area contributed by atoms with E-state index in [0.29, 0.717) is 18.1 Å². The number of carbonyl (C=O) groups is 1. The molecule has 0 saturated heterocycles. The van der Waals surface area contributed by atoms with E-state index in [0.717, 1.165) is 18.4 Å². The van der Waals surface area contributed by atoms with Crippen LogP contribution in [0.25, 0.3) is 5.78 Å². The van der Waals surface area contributed by atoms with Crippen LogP contribution in [0.15, 0.2) is 41.5 Å². The molecule has 3 heterocycles.